The Hall–Kier alpha value is -1.71. The number of nitrogen functional groups attached to an aromatic ring is 1. The van der Waals surface area contributed by atoms with Gasteiger partial charge in [-0.25, -0.2) is 4.79 Å². The van der Waals surface area contributed by atoms with Crippen LogP contribution in [0.4, 0.5) is 10.5 Å². The first-order valence-electron chi connectivity index (χ1n) is 6.43. The van der Waals surface area contributed by atoms with E-state index in [0.29, 0.717) is 6.42 Å². The number of anilines is 1. The van der Waals surface area contributed by atoms with Gasteiger partial charge in [-0.3, -0.25) is 0 Å². The molecule has 1 aromatic carbocycles. The molecule has 0 aliphatic rings. The number of nitrogens with one attached hydrogen (secondary N) is 1. The number of benzene rings is 1. The molecule has 0 bridgehead atoms. The molecule has 4 nitrogen and oxygen atoms in total. The van der Waals surface area contributed by atoms with E-state index in [4.69, 9.17) is 10.5 Å². The van der Waals surface area contributed by atoms with Crippen LogP contribution in [-0.4, -0.2) is 17.2 Å². The Bertz CT molecular complexity index is 448. The first-order valence-corrected chi connectivity index (χ1v) is 6.43. The van der Waals surface area contributed by atoms with Gasteiger partial charge in [-0.15, -0.1) is 0 Å². The number of rotatable bonds is 3. The minimum atomic E-state index is -0.489. The lowest BCUT2D eigenvalue weighted by molar-refractivity contribution is 0.0472. The van der Waals surface area contributed by atoms with Crippen molar-refractivity contribution in [3.05, 3.63) is 29.8 Å². The van der Waals surface area contributed by atoms with Gasteiger partial charge in [0.15, 0.2) is 0 Å². The number of hydrogen-bond acceptors (Lipinski definition) is 3. The van der Waals surface area contributed by atoms with Gasteiger partial charge in [-0.05, 0) is 58.7 Å². The summed E-state index contributed by atoms with van der Waals surface area (Å²) in [5.74, 6) is 0. The molecule has 0 aliphatic heterocycles. The Morgan fingerprint density at radius 2 is 1.89 bits per heavy atom. The number of amides is 1. The van der Waals surface area contributed by atoms with Crippen LogP contribution in [0.3, 0.4) is 0 Å². The summed E-state index contributed by atoms with van der Waals surface area (Å²) in [4.78, 5) is 11.8. The highest BCUT2D eigenvalue weighted by Gasteiger charge is 2.24. The number of ether oxygens (including phenoxy) is 1. The van der Waals surface area contributed by atoms with Gasteiger partial charge in [0.05, 0.1) is 0 Å². The summed E-state index contributed by atoms with van der Waals surface area (Å²) in [6, 6.07) is 7.67. The first-order chi connectivity index (χ1) is 8.57. The lowest BCUT2D eigenvalue weighted by Crippen LogP contribution is -2.47. The Morgan fingerprint density at radius 3 is 2.42 bits per heavy atom. The van der Waals surface area contributed by atoms with Crippen molar-refractivity contribution >= 4 is 11.8 Å². The highest BCUT2D eigenvalue weighted by molar-refractivity contribution is 5.68. The molecular formula is C15H24N2O2. The monoisotopic (exact) mass is 264 g/mol. The lowest BCUT2D eigenvalue weighted by Gasteiger charge is -2.28. The minimum absolute atomic E-state index is 0.393. The fraction of sp³-hybridized carbons (Fsp3) is 0.533. The summed E-state index contributed by atoms with van der Waals surface area (Å²) in [5, 5.41) is 2.88. The maximum atomic E-state index is 11.8. The largest absolute Gasteiger partial charge is 0.444 e. The van der Waals surface area contributed by atoms with Crippen LogP contribution in [-0.2, 0) is 11.2 Å². The molecule has 106 valence electrons. The molecule has 3 N–H and O–H groups in total. The van der Waals surface area contributed by atoms with Gasteiger partial charge in [-0.2, -0.15) is 0 Å². The van der Waals surface area contributed by atoms with Gasteiger partial charge < -0.3 is 15.8 Å². The van der Waals surface area contributed by atoms with Crippen LogP contribution in [0, 0.1) is 0 Å². The summed E-state index contributed by atoms with van der Waals surface area (Å²) >= 11 is 0. The molecule has 19 heavy (non-hydrogen) atoms. The Balaban J connectivity index is 2.63. The van der Waals surface area contributed by atoms with E-state index in [9.17, 15) is 4.79 Å². The Morgan fingerprint density at radius 1 is 1.26 bits per heavy atom. The standard InChI is InChI=1S/C15H24N2O2/c1-14(2,3)19-13(18)17-15(4,5)10-11-7-6-8-12(16)9-11/h6-9H,10,16H2,1-5H3,(H,17,18). The zero-order valence-corrected chi connectivity index (χ0v) is 12.4. The Kier molecular flexibility index (Phi) is 4.45. The fourth-order valence-electron chi connectivity index (χ4n) is 1.84. The maximum absolute atomic E-state index is 11.8. The van der Waals surface area contributed by atoms with E-state index in [2.05, 4.69) is 5.32 Å². The quantitative estimate of drug-likeness (QED) is 0.824. The number of hydrogen-bond donors (Lipinski definition) is 2. The molecule has 0 aromatic heterocycles. The number of alkyl carbamates (subject to hydrolysis) is 1. The van der Waals surface area contributed by atoms with Crippen LogP contribution in [0.2, 0.25) is 0 Å². The highest BCUT2D eigenvalue weighted by atomic mass is 16.6. The normalized spacial score (nSPS) is 12.1. The predicted octanol–water partition coefficient (Wildman–Crippen LogP) is 3.11. The Labute approximate surface area is 115 Å². The van der Waals surface area contributed by atoms with Crippen molar-refractivity contribution in [2.75, 3.05) is 5.73 Å². The lowest BCUT2D eigenvalue weighted by atomic mass is 9.95. The summed E-state index contributed by atoms with van der Waals surface area (Å²) in [7, 11) is 0. The number of nitrogens with two attached hydrogens (primary N) is 1. The van der Waals surface area contributed by atoms with Crippen molar-refractivity contribution in [1.29, 1.82) is 0 Å². The van der Waals surface area contributed by atoms with Crippen molar-refractivity contribution in [1.82, 2.24) is 5.32 Å². The van der Waals surface area contributed by atoms with Gasteiger partial charge in [0.1, 0.15) is 5.60 Å². The number of carbonyl (C=O) groups is 1. The minimum Gasteiger partial charge on any atom is -0.444 e. The van der Waals surface area contributed by atoms with E-state index in [1.54, 1.807) is 0 Å². The van der Waals surface area contributed by atoms with Crippen LogP contribution >= 0.6 is 0 Å². The highest BCUT2D eigenvalue weighted by Crippen LogP contribution is 2.16. The summed E-state index contributed by atoms with van der Waals surface area (Å²) in [6.07, 6.45) is 0.290. The molecule has 0 spiro atoms. The average Bonchev–Trinajstić information content (AvgIpc) is 2.11. The molecule has 0 fully saturated rings. The second-order valence-electron chi connectivity index (χ2n) is 6.43. The molecule has 0 aliphatic carbocycles. The number of carbonyl (C=O) groups excluding carboxylic acids is 1. The average molecular weight is 264 g/mol. The fourth-order valence-corrected chi connectivity index (χ4v) is 1.84. The van der Waals surface area contributed by atoms with Crippen molar-refractivity contribution in [3.8, 4) is 0 Å². The topological polar surface area (TPSA) is 64.3 Å². The first kappa shape index (κ1) is 15.3. The van der Waals surface area contributed by atoms with E-state index in [-0.39, 0.29) is 0 Å². The van der Waals surface area contributed by atoms with Crippen LogP contribution in [0.15, 0.2) is 24.3 Å². The summed E-state index contributed by atoms with van der Waals surface area (Å²) in [6.45, 7) is 9.45. The van der Waals surface area contributed by atoms with E-state index in [1.807, 2.05) is 58.9 Å². The second-order valence-corrected chi connectivity index (χ2v) is 6.43. The maximum Gasteiger partial charge on any atom is 0.408 e. The molecule has 0 heterocycles. The van der Waals surface area contributed by atoms with Crippen molar-refractivity contribution in [2.24, 2.45) is 0 Å². The molecule has 1 amide bonds. The third-order valence-corrected chi connectivity index (χ3v) is 2.44. The molecule has 4 heteroatoms. The van der Waals surface area contributed by atoms with Gasteiger partial charge in [0, 0.05) is 11.2 Å². The predicted molar refractivity (Wildman–Crippen MR) is 78.0 cm³/mol. The van der Waals surface area contributed by atoms with E-state index in [1.165, 1.54) is 0 Å². The second kappa shape index (κ2) is 5.51. The van der Waals surface area contributed by atoms with Gasteiger partial charge in [0.2, 0.25) is 0 Å². The van der Waals surface area contributed by atoms with Gasteiger partial charge >= 0.3 is 6.09 Å². The van der Waals surface area contributed by atoms with E-state index in [0.717, 1.165) is 11.3 Å². The van der Waals surface area contributed by atoms with Gasteiger partial charge in [0.25, 0.3) is 0 Å². The molecule has 0 unspecified atom stereocenters. The molecule has 0 saturated heterocycles. The van der Waals surface area contributed by atoms with Crippen molar-refractivity contribution in [3.63, 3.8) is 0 Å². The molecule has 0 atom stereocenters. The molecule has 1 rings (SSSR count). The molecule has 0 radical (unpaired) electrons. The molecule has 0 saturated carbocycles. The van der Waals surface area contributed by atoms with Crippen molar-refractivity contribution in [2.45, 2.75) is 52.2 Å². The third kappa shape index (κ3) is 6.13. The van der Waals surface area contributed by atoms with Crippen LogP contribution in [0.1, 0.15) is 40.2 Å². The molecular weight excluding hydrogens is 240 g/mol. The molecule has 1 aromatic rings. The van der Waals surface area contributed by atoms with E-state index >= 15 is 0 Å². The summed E-state index contributed by atoms with van der Waals surface area (Å²) in [5.41, 5.74) is 6.68. The van der Waals surface area contributed by atoms with Crippen LogP contribution in [0.5, 0.6) is 0 Å². The smallest absolute Gasteiger partial charge is 0.408 e. The van der Waals surface area contributed by atoms with Crippen molar-refractivity contribution < 1.29 is 9.53 Å². The SMILES string of the molecule is CC(C)(Cc1cccc(N)c1)NC(=O)OC(C)(C)C. The van der Waals surface area contributed by atoms with Crippen LogP contribution < -0.4 is 11.1 Å². The zero-order chi connectivity index (χ0) is 14.7. The summed E-state index contributed by atoms with van der Waals surface area (Å²) < 4.78 is 5.26. The van der Waals surface area contributed by atoms with Crippen LogP contribution in [0.25, 0.3) is 0 Å². The van der Waals surface area contributed by atoms with Gasteiger partial charge in [-0.1, -0.05) is 12.1 Å². The third-order valence-electron chi connectivity index (χ3n) is 2.44. The van der Waals surface area contributed by atoms with E-state index < -0.39 is 17.2 Å². The zero-order valence-electron chi connectivity index (χ0n) is 12.4.